The summed E-state index contributed by atoms with van der Waals surface area (Å²) in [4.78, 5) is 2.29. The predicted octanol–water partition coefficient (Wildman–Crippen LogP) is 0.443. The minimum atomic E-state index is -0.589. The fraction of sp³-hybridized carbons (Fsp3) is 1.00. The Hall–Kier alpha value is 0.0569. The van der Waals surface area contributed by atoms with Crippen molar-refractivity contribution in [2.75, 3.05) is 19.8 Å². The summed E-state index contributed by atoms with van der Waals surface area (Å²) < 4.78 is 9.98. The molecule has 1 aliphatic heterocycles. The molecule has 2 atom stereocenters. The Morgan fingerprint density at radius 3 is 2.07 bits per heavy atom. The Labute approximate surface area is 96.2 Å². The Bertz CT molecular complexity index is 139. The molecule has 0 aromatic rings. The summed E-state index contributed by atoms with van der Waals surface area (Å²) in [6.07, 6.45) is 1.58. The van der Waals surface area contributed by atoms with E-state index in [1.807, 2.05) is 20.8 Å². The van der Waals surface area contributed by atoms with E-state index in [4.69, 9.17) is 14.6 Å². The minimum Gasteiger partial charge on any atom is -0.399 e. The van der Waals surface area contributed by atoms with Crippen LogP contribution in [0.4, 0.5) is 0 Å². The van der Waals surface area contributed by atoms with Crippen molar-refractivity contribution in [2.45, 2.75) is 46.3 Å². The summed E-state index contributed by atoms with van der Waals surface area (Å²) in [5.41, 5.74) is 5.61. The summed E-state index contributed by atoms with van der Waals surface area (Å²) in [6, 6.07) is 0.731. The molecule has 15 heavy (non-hydrogen) atoms. The average molecular weight is 234 g/mol. The van der Waals surface area contributed by atoms with Crippen molar-refractivity contribution in [2.24, 2.45) is 5.73 Å². The number of hydrogen-bond donors (Lipinski definition) is 1. The van der Waals surface area contributed by atoms with Gasteiger partial charge in [0.15, 0.2) is 0 Å². The van der Waals surface area contributed by atoms with Crippen LogP contribution in [-0.2, 0) is 8.85 Å². The molecule has 0 aliphatic carbocycles. The van der Waals surface area contributed by atoms with E-state index in [1.165, 1.54) is 13.0 Å². The Morgan fingerprint density at radius 1 is 1.40 bits per heavy atom. The van der Waals surface area contributed by atoms with E-state index in [2.05, 4.69) is 11.8 Å². The van der Waals surface area contributed by atoms with Crippen molar-refractivity contribution in [1.29, 1.82) is 0 Å². The van der Waals surface area contributed by atoms with E-state index in [0.29, 0.717) is 0 Å². The molecule has 1 saturated heterocycles. The molecule has 1 heterocycles. The van der Waals surface area contributed by atoms with Gasteiger partial charge in [0.25, 0.3) is 0 Å². The normalized spacial score (nSPS) is 22.6. The summed E-state index contributed by atoms with van der Waals surface area (Å²) >= 11 is 0. The maximum absolute atomic E-state index is 5.61. The fourth-order valence-corrected chi connectivity index (χ4v) is 1.82. The number of nitrogens with zero attached hydrogens (tertiary/aromatic N) is 1. The van der Waals surface area contributed by atoms with Crippen LogP contribution in [-0.4, -0.2) is 46.9 Å². The van der Waals surface area contributed by atoms with E-state index in [9.17, 15) is 0 Å². The van der Waals surface area contributed by atoms with Gasteiger partial charge in [0.1, 0.15) is 0 Å². The van der Waals surface area contributed by atoms with E-state index in [1.54, 1.807) is 0 Å². The third kappa shape index (κ3) is 7.02. The highest BCUT2D eigenvalue weighted by atomic mass is 28.3. The van der Waals surface area contributed by atoms with E-state index >= 15 is 0 Å². The van der Waals surface area contributed by atoms with Crippen LogP contribution in [0.5, 0.6) is 0 Å². The van der Waals surface area contributed by atoms with Gasteiger partial charge in [-0.05, 0) is 34.1 Å². The molecule has 1 fully saturated rings. The Kier molecular flexibility index (Phi) is 9.33. The molecule has 5 heteroatoms. The third-order valence-corrected chi connectivity index (χ3v) is 3.62. The van der Waals surface area contributed by atoms with Gasteiger partial charge >= 0.3 is 10.0 Å². The van der Waals surface area contributed by atoms with Crippen molar-refractivity contribution in [3.63, 3.8) is 0 Å². The van der Waals surface area contributed by atoms with Gasteiger partial charge in [-0.15, -0.1) is 0 Å². The molecule has 0 spiro atoms. The van der Waals surface area contributed by atoms with Crippen molar-refractivity contribution < 1.29 is 8.85 Å². The fourth-order valence-electron chi connectivity index (χ4n) is 1.37. The van der Waals surface area contributed by atoms with Gasteiger partial charge in [0.2, 0.25) is 0 Å². The quantitative estimate of drug-likeness (QED) is 0.554. The molecule has 0 radical (unpaired) electrons. The van der Waals surface area contributed by atoms with E-state index < -0.39 is 10.0 Å². The van der Waals surface area contributed by atoms with Gasteiger partial charge in [0.05, 0.1) is 6.17 Å². The van der Waals surface area contributed by atoms with Crippen LogP contribution in [0.3, 0.4) is 0 Å². The second-order valence-electron chi connectivity index (χ2n) is 3.72. The second-order valence-corrected chi connectivity index (χ2v) is 4.77. The first-order chi connectivity index (χ1) is 7.13. The zero-order valence-electron chi connectivity index (χ0n) is 10.5. The highest BCUT2D eigenvalue weighted by molar-refractivity contribution is 6.17. The van der Waals surface area contributed by atoms with Crippen LogP contribution in [0.1, 0.15) is 34.1 Å². The molecule has 92 valence electrons. The molecule has 0 amide bonds. The zero-order chi connectivity index (χ0) is 11.7. The zero-order valence-corrected chi connectivity index (χ0v) is 11.9. The predicted molar refractivity (Wildman–Crippen MR) is 66.2 cm³/mol. The largest absolute Gasteiger partial charge is 0.399 e. The lowest BCUT2D eigenvalue weighted by Gasteiger charge is -2.41. The van der Waals surface area contributed by atoms with Gasteiger partial charge in [0, 0.05) is 25.8 Å². The minimum absolute atomic E-state index is 0.263. The molecular formula is C10H26N2O2Si. The summed E-state index contributed by atoms with van der Waals surface area (Å²) in [5.74, 6) is 0. The van der Waals surface area contributed by atoms with Crippen molar-refractivity contribution in [1.82, 2.24) is 4.90 Å². The first-order valence-corrected chi connectivity index (χ1v) is 6.95. The number of nitrogens with two attached hydrogens (primary N) is 1. The van der Waals surface area contributed by atoms with Crippen LogP contribution in [0.15, 0.2) is 0 Å². The maximum atomic E-state index is 5.61. The van der Waals surface area contributed by atoms with Gasteiger partial charge in [-0.3, -0.25) is 4.90 Å². The highest BCUT2D eigenvalue weighted by Crippen LogP contribution is 2.16. The van der Waals surface area contributed by atoms with Crippen LogP contribution in [0, 0.1) is 0 Å². The molecule has 0 saturated carbocycles. The van der Waals surface area contributed by atoms with Crippen LogP contribution >= 0.6 is 0 Å². The molecule has 0 aromatic heterocycles. The second kappa shape index (κ2) is 9.29. The maximum Gasteiger partial charge on any atom is 0.304 e. The lowest BCUT2D eigenvalue weighted by atomic mass is 10.1. The summed E-state index contributed by atoms with van der Waals surface area (Å²) in [7, 11) is -0.589. The molecular weight excluding hydrogens is 208 g/mol. The molecule has 1 aliphatic rings. The first kappa shape index (κ1) is 15.1. The number of hydrogen-bond acceptors (Lipinski definition) is 4. The first-order valence-electron chi connectivity index (χ1n) is 5.80. The van der Waals surface area contributed by atoms with Crippen LogP contribution < -0.4 is 5.73 Å². The van der Waals surface area contributed by atoms with E-state index in [0.717, 1.165) is 19.3 Å². The Balaban J connectivity index is 0.000000265. The van der Waals surface area contributed by atoms with Gasteiger partial charge < -0.3 is 14.6 Å². The molecule has 2 N–H and O–H groups in total. The lowest BCUT2D eigenvalue weighted by molar-refractivity contribution is 0.0638. The highest BCUT2D eigenvalue weighted by Gasteiger charge is 2.25. The van der Waals surface area contributed by atoms with Crippen molar-refractivity contribution in [3.05, 3.63) is 0 Å². The average Bonchev–Trinajstić information content (AvgIpc) is 2.16. The Morgan fingerprint density at radius 2 is 1.93 bits per heavy atom. The summed E-state index contributed by atoms with van der Waals surface area (Å²) in [6.45, 7) is 11.0. The summed E-state index contributed by atoms with van der Waals surface area (Å²) in [5, 5.41) is 0. The smallest absolute Gasteiger partial charge is 0.304 e. The van der Waals surface area contributed by atoms with Crippen LogP contribution in [0.25, 0.3) is 0 Å². The van der Waals surface area contributed by atoms with E-state index in [-0.39, 0.29) is 6.17 Å². The third-order valence-electron chi connectivity index (χ3n) is 2.47. The lowest BCUT2D eigenvalue weighted by Crippen LogP contribution is -2.53. The molecule has 2 unspecified atom stereocenters. The number of rotatable bonds is 5. The number of likely N-dealkylation sites (tertiary alicyclic amines) is 1. The molecule has 0 bridgehead atoms. The van der Waals surface area contributed by atoms with Crippen LogP contribution in [0.2, 0.25) is 0 Å². The monoisotopic (exact) mass is 234 g/mol. The van der Waals surface area contributed by atoms with Gasteiger partial charge in [-0.2, -0.15) is 0 Å². The molecule has 0 aromatic carbocycles. The van der Waals surface area contributed by atoms with Crippen molar-refractivity contribution >= 4 is 10.0 Å². The topological polar surface area (TPSA) is 47.7 Å². The van der Waals surface area contributed by atoms with Gasteiger partial charge in [-0.25, -0.2) is 0 Å². The van der Waals surface area contributed by atoms with Crippen molar-refractivity contribution in [3.8, 4) is 0 Å². The SMILES string of the molecule is CC(N)N1CCC1C.CCO[SiH2]OCC. The molecule has 1 rings (SSSR count). The van der Waals surface area contributed by atoms with Gasteiger partial charge in [-0.1, -0.05) is 0 Å². The standard InChI is InChI=1S/C6H14N2.C4H12O2Si/c1-5-3-4-8(5)6(2)7;1-3-5-7-6-4-2/h5-6H,3-4,7H2,1-2H3;3-4,7H2,1-2H3. The molecule has 4 nitrogen and oxygen atoms in total.